The van der Waals surface area contributed by atoms with E-state index in [1.807, 2.05) is 0 Å². The number of phenolic OH excluding ortho intramolecular Hbond substituents is 5. The second-order valence-corrected chi connectivity index (χ2v) is 11.1. The molecular weight excluding hydrogens is 620 g/mol. The molecule has 2 aromatic carbocycles. The van der Waals surface area contributed by atoms with E-state index >= 15 is 0 Å². The number of carbonyl (C=O) groups is 1. The van der Waals surface area contributed by atoms with Crippen LogP contribution in [0.5, 0.6) is 34.5 Å². The Labute approximate surface area is 260 Å². The van der Waals surface area contributed by atoms with Gasteiger partial charge in [-0.1, -0.05) is 0 Å². The molecule has 3 aliphatic heterocycles. The summed E-state index contributed by atoms with van der Waals surface area (Å²) in [6.07, 6.45) is -15.5. The molecule has 0 saturated carbocycles. The van der Waals surface area contributed by atoms with Crippen LogP contribution in [-0.2, 0) is 28.5 Å². The third-order valence-electron chi connectivity index (χ3n) is 7.79. The zero-order valence-electron chi connectivity index (χ0n) is 24.3. The molecule has 17 heteroatoms. The topological polar surface area (TPSA) is 278 Å². The molecule has 2 aromatic rings. The number of aromatic hydroxyl groups is 6. The van der Waals surface area contributed by atoms with Crippen molar-refractivity contribution in [3.63, 3.8) is 0 Å². The normalized spacial score (nSPS) is 34.2. The second kappa shape index (κ2) is 13.0. The van der Waals surface area contributed by atoms with E-state index < -0.39 is 103 Å². The average molecular weight is 656 g/mol. The summed E-state index contributed by atoms with van der Waals surface area (Å²) in [6.45, 7) is 1.94. The summed E-state index contributed by atoms with van der Waals surface area (Å²) in [5.41, 5.74) is 0.127. The zero-order valence-corrected chi connectivity index (χ0v) is 24.3. The van der Waals surface area contributed by atoms with Gasteiger partial charge in [0.2, 0.25) is 6.29 Å². The molecule has 2 saturated heterocycles. The van der Waals surface area contributed by atoms with E-state index in [0.717, 1.165) is 25.1 Å². The molecule has 0 radical (unpaired) electrons. The molecule has 252 valence electrons. The van der Waals surface area contributed by atoms with Crippen LogP contribution in [0.4, 0.5) is 0 Å². The molecule has 11 N–H and O–H groups in total. The molecule has 2 fully saturated rings. The number of aliphatic hydroxyl groups excluding tert-OH is 5. The molecule has 17 nitrogen and oxygen atoms in total. The molecule has 5 rings (SSSR count). The van der Waals surface area contributed by atoms with E-state index in [1.165, 1.54) is 19.1 Å². The smallest absolute Gasteiger partial charge is 0.303 e. The first-order chi connectivity index (χ1) is 21.7. The predicted molar refractivity (Wildman–Crippen MR) is 149 cm³/mol. The largest absolute Gasteiger partial charge is 0.571 e. The molecule has 0 aromatic heterocycles. The van der Waals surface area contributed by atoms with Crippen molar-refractivity contribution in [2.45, 2.75) is 81.4 Å². The van der Waals surface area contributed by atoms with Gasteiger partial charge in [0.1, 0.15) is 53.7 Å². The van der Waals surface area contributed by atoms with Crippen LogP contribution >= 0.6 is 0 Å². The average Bonchev–Trinajstić information content (AvgIpc) is 2.99. The minimum absolute atomic E-state index is 0.0547. The summed E-state index contributed by atoms with van der Waals surface area (Å²) in [5, 5.41) is 103. The minimum atomic E-state index is -1.87. The fourth-order valence-electron chi connectivity index (χ4n) is 5.34. The van der Waals surface area contributed by atoms with Gasteiger partial charge in [-0.25, -0.2) is 0 Å². The minimum Gasteiger partial charge on any atom is -0.571 e. The lowest BCUT2D eigenvalue weighted by Gasteiger charge is -2.43. The standard InChI is InChI=1S/C29H34O17/c1-9-20(35)24(39)27(43-10(2)30)29(42-9)41-8-19-22(37)23(38)25(40)28(46-19)45-18-7-13-14(32)5-12(31)6-17(13)44-26(18)11-3-15(33)21(36)16(34)4-11/h3-7,9,19-20,22-29,31-40H,8H2,1-2H3/p+1. The maximum Gasteiger partial charge on any atom is 0.303 e. The van der Waals surface area contributed by atoms with Gasteiger partial charge in [0.15, 0.2) is 35.4 Å². The Morgan fingerprint density at radius 3 is 2.15 bits per heavy atom. The van der Waals surface area contributed by atoms with Crippen molar-refractivity contribution < 1.29 is 84.3 Å². The Kier molecular flexibility index (Phi) is 9.39. The van der Waals surface area contributed by atoms with Gasteiger partial charge in [-0.05, 0) is 19.1 Å². The number of aliphatic hydroxyl groups is 6. The maximum atomic E-state index is 11.6. The SMILES string of the molecule is CC(=O)OC1C(OCC2OC(OC3=Cc4c(O)cc(O)cc4[OH+]C3c3cc(O)c(O)c(O)c3)C(O)C(O)C2O)OC(C)C(O)C1O. The Balaban J connectivity index is 1.41. The number of phenols is 5. The van der Waals surface area contributed by atoms with Gasteiger partial charge in [0, 0.05) is 19.1 Å². The van der Waals surface area contributed by atoms with Crippen LogP contribution in [0.3, 0.4) is 0 Å². The first-order valence-corrected chi connectivity index (χ1v) is 14.1. The van der Waals surface area contributed by atoms with Crippen LogP contribution in [0.2, 0.25) is 0 Å². The summed E-state index contributed by atoms with van der Waals surface area (Å²) in [7, 11) is 0. The number of ether oxygens (including phenoxy) is 6. The molecule has 11 unspecified atom stereocenters. The van der Waals surface area contributed by atoms with Gasteiger partial charge < -0.3 is 79.5 Å². The van der Waals surface area contributed by atoms with E-state index in [2.05, 4.69) is 4.74 Å². The van der Waals surface area contributed by atoms with Crippen LogP contribution < -0.4 is 0 Å². The first kappa shape index (κ1) is 33.3. The summed E-state index contributed by atoms with van der Waals surface area (Å²) >= 11 is 0. The van der Waals surface area contributed by atoms with Crippen LogP contribution in [0.1, 0.15) is 31.1 Å². The summed E-state index contributed by atoms with van der Waals surface area (Å²) in [6, 6.07) is 4.39. The van der Waals surface area contributed by atoms with Gasteiger partial charge in [-0.15, -0.1) is 0 Å². The van der Waals surface area contributed by atoms with Crippen molar-refractivity contribution in [1.82, 2.24) is 0 Å². The summed E-state index contributed by atoms with van der Waals surface area (Å²) < 4.78 is 32.3. The van der Waals surface area contributed by atoms with Crippen molar-refractivity contribution in [2.24, 2.45) is 0 Å². The van der Waals surface area contributed by atoms with Crippen LogP contribution in [0.25, 0.3) is 6.08 Å². The fraction of sp³-hybridized carbons (Fsp3) is 0.483. The molecule has 0 bridgehead atoms. The quantitative estimate of drug-likeness (QED) is 0.0952. The Bertz CT molecular complexity index is 1450. The predicted octanol–water partition coefficient (Wildman–Crippen LogP) is -1.21. The number of rotatable bonds is 7. The van der Waals surface area contributed by atoms with Gasteiger partial charge in [-0.3, -0.25) is 4.79 Å². The number of hydrogen-bond donors (Lipinski definition) is 10. The Morgan fingerprint density at radius 2 is 1.50 bits per heavy atom. The Morgan fingerprint density at radius 1 is 0.826 bits per heavy atom. The second-order valence-electron chi connectivity index (χ2n) is 11.1. The number of benzene rings is 2. The summed E-state index contributed by atoms with van der Waals surface area (Å²) in [5.74, 6) is -3.84. The van der Waals surface area contributed by atoms with Crippen molar-refractivity contribution in [2.75, 3.05) is 6.61 Å². The van der Waals surface area contributed by atoms with E-state index in [-0.39, 0.29) is 28.4 Å². The third kappa shape index (κ3) is 6.44. The molecule has 0 amide bonds. The molecule has 3 heterocycles. The molecule has 0 aliphatic carbocycles. The molecule has 0 spiro atoms. The highest BCUT2D eigenvalue weighted by Crippen LogP contribution is 2.47. The molecular formula is C29H35O17+. The van der Waals surface area contributed by atoms with E-state index in [4.69, 9.17) is 23.7 Å². The van der Waals surface area contributed by atoms with Gasteiger partial charge >= 0.3 is 5.97 Å². The highest BCUT2D eigenvalue weighted by Gasteiger charge is 2.49. The molecule has 3 aliphatic rings. The van der Waals surface area contributed by atoms with Crippen LogP contribution in [0, 0.1) is 0 Å². The number of esters is 1. The van der Waals surface area contributed by atoms with Gasteiger partial charge in [0.25, 0.3) is 11.9 Å². The van der Waals surface area contributed by atoms with Crippen molar-refractivity contribution in [3.8, 4) is 34.5 Å². The van der Waals surface area contributed by atoms with Crippen molar-refractivity contribution in [3.05, 3.63) is 41.2 Å². The van der Waals surface area contributed by atoms with Crippen molar-refractivity contribution >= 4 is 12.0 Å². The third-order valence-corrected chi connectivity index (χ3v) is 7.79. The first-order valence-electron chi connectivity index (χ1n) is 14.1. The highest BCUT2D eigenvalue weighted by atomic mass is 16.7. The molecule has 46 heavy (non-hydrogen) atoms. The maximum absolute atomic E-state index is 11.6. The monoisotopic (exact) mass is 655 g/mol. The van der Waals surface area contributed by atoms with E-state index in [9.17, 15) is 55.9 Å². The fourth-order valence-corrected chi connectivity index (χ4v) is 5.34. The summed E-state index contributed by atoms with van der Waals surface area (Å²) in [4.78, 5) is 11.6. The number of fused-ring (bicyclic) bond motifs is 1. The van der Waals surface area contributed by atoms with Gasteiger partial charge in [0.05, 0.1) is 24.3 Å². The Hall–Kier alpha value is -4.07. The van der Waals surface area contributed by atoms with Crippen molar-refractivity contribution in [1.29, 1.82) is 0 Å². The number of hydrogen-bond acceptors (Lipinski definition) is 16. The highest BCUT2D eigenvalue weighted by molar-refractivity contribution is 5.69. The van der Waals surface area contributed by atoms with E-state index in [1.54, 1.807) is 0 Å². The lowest BCUT2D eigenvalue weighted by Crippen LogP contribution is -2.61. The number of carbonyl (C=O) groups excluding carboxylic acids is 1. The zero-order chi connectivity index (χ0) is 33.6. The lowest BCUT2D eigenvalue weighted by atomic mass is 9.98. The van der Waals surface area contributed by atoms with E-state index in [0.29, 0.717) is 0 Å². The molecule has 11 atom stereocenters. The lowest BCUT2D eigenvalue weighted by molar-refractivity contribution is -0.326. The van der Waals surface area contributed by atoms with Crippen LogP contribution in [0.15, 0.2) is 30.0 Å². The van der Waals surface area contributed by atoms with Crippen LogP contribution in [-0.4, -0.2) is 130 Å². The van der Waals surface area contributed by atoms with Gasteiger partial charge in [-0.2, -0.15) is 0 Å².